The normalized spacial score (nSPS) is 12.2. The first-order valence-electron chi connectivity index (χ1n) is 6.13. The van der Waals surface area contributed by atoms with E-state index >= 15 is 0 Å². The highest BCUT2D eigenvalue weighted by atomic mass is 16.5. The van der Waals surface area contributed by atoms with Crippen LogP contribution in [0.3, 0.4) is 0 Å². The van der Waals surface area contributed by atoms with Crippen molar-refractivity contribution >= 4 is 0 Å². The Morgan fingerprint density at radius 2 is 2.00 bits per heavy atom. The van der Waals surface area contributed by atoms with Crippen molar-refractivity contribution in [3.63, 3.8) is 0 Å². The van der Waals surface area contributed by atoms with Gasteiger partial charge in [-0.1, -0.05) is 32.4 Å². The lowest BCUT2D eigenvalue weighted by Gasteiger charge is -2.14. The fourth-order valence-electron chi connectivity index (χ4n) is 1.69. The lowest BCUT2D eigenvalue weighted by atomic mass is 10.1. The second-order valence-corrected chi connectivity index (χ2v) is 4.30. The Kier molecular flexibility index (Phi) is 5.84. The maximum Gasteiger partial charge on any atom is 0.165 e. The van der Waals surface area contributed by atoms with Crippen LogP contribution in [0.4, 0.5) is 0 Å². The SMILES string of the molecule is CCC(C)CNCc1cccc(OC)c1OC. The predicted molar refractivity (Wildman–Crippen MR) is 70.7 cm³/mol. The standard InChI is InChI=1S/C14H23NO2/c1-5-11(2)9-15-10-12-7-6-8-13(16-3)14(12)17-4/h6-8,11,15H,5,9-10H2,1-4H3. The van der Waals surface area contributed by atoms with Crippen molar-refractivity contribution in [1.29, 1.82) is 0 Å². The third kappa shape index (κ3) is 3.93. The van der Waals surface area contributed by atoms with Crippen LogP contribution in [0, 0.1) is 5.92 Å². The van der Waals surface area contributed by atoms with E-state index < -0.39 is 0 Å². The molecule has 1 atom stereocenters. The molecule has 1 aromatic rings. The van der Waals surface area contributed by atoms with E-state index in [0.29, 0.717) is 5.92 Å². The summed E-state index contributed by atoms with van der Waals surface area (Å²) in [6, 6.07) is 5.96. The topological polar surface area (TPSA) is 30.5 Å². The summed E-state index contributed by atoms with van der Waals surface area (Å²) in [7, 11) is 3.34. The average molecular weight is 237 g/mol. The van der Waals surface area contributed by atoms with Gasteiger partial charge in [0.15, 0.2) is 11.5 Å². The van der Waals surface area contributed by atoms with Gasteiger partial charge in [-0.15, -0.1) is 0 Å². The molecule has 3 nitrogen and oxygen atoms in total. The summed E-state index contributed by atoms with van der Waals surface area (Å²) in [4.78, 5) is 0. The van der Waals surface area contributed by atoms with E-state index in [2.05, 4.69) is 25.2 Å². The number of hydrogen-bond acceptors (Lipinski definition) is 3. The van der Waals surface area contributed by atoms with E-state index in [9.17, 15) is 0 Å². The van der Waals surface area contributed by atoms with Crippen molar-refractivity contribution in [1.82, 2.24) is 5.32 Å². The zero-order valence-electron chi connectivity index (χ0n) is 11.2. The lowest BCUT2D eigenvalue weighted by Crippen LogP contribution is -2.20. The highest BCUT2D eigenvalue weighted by Crippen LogP contribution is 2.30. The number of para-hydroxylation sites is 1. The molecule has 0 aliphatic heterocycles. The van der Waals surface area contributed by atoms with Crippen molar-refractivity contribution in [2.45, 2.75) is 26.8 Å². The van der Waals surface area contributed by atoms with Crippen LogP contribution >= 0.6 is 0 Å². The monoisotopic (exact) mass is 237 g/mol. The van der Waals surface area contributed by atoms with E-state index in [0.717, 1.165) is 30.2 Å². The van der Waals surface area contributed by atoms with E-state index in [1.807, 2.05) is 12.1 Å². The van der Waals surface area contributed by atoms with Crippen molar-refractivity contribution in [2.24, 2.45) is 5.92 Å². The van der Waals surface area contributed by atoms with Crippen molar-refractivity contribution in [3.05, 3.63) is 23.8 Å². The highest BCUT2D eigenvalue weighted by molar-refractivity contribution is 5.46. The molecule has 1 N–H and O–H groups in total. The largest absolute Gasteiger partial charge is 0.493 e. The summed E-state index contributed by atoms with van der Waals surface area (Å²) >= 11 is 0. The van der Waals surface area contributed by atoms with E-state index in [1.165, 1.54) is 6.42 Å². The van der Waals surface area contributed by atoms with Crippen molar-refractivity contribution in [3.8, 4) is 11.5 Å². The number of rotatable bonds is 7. The number of methoxy groups -OCH3 is 2. The second-order valence-electron chi connectivity index (χ2n) is 4.30. The maximum absolute atomic E-state index is 5.39. The van der Waals surface area contributed by atoms with Gasteiger partial charge in [0.2, 0.25) is 0 Å². The Bertz CT molecular complexity index is 339. The van der Waals surface area contributed by atoms with Crippen LogP contribution in [0.5, 0.6) is 11.5 Å². The molecule has 0 saturated heterocycles. The summed E-state index contributed by atoms with van der Waals surface area (Å²) in [5.41, 5.74) is 1.13. The average Bonchev–Trinajstić information content (AvgIpc) is 2.37. The molecular formula is C14H23NO2. The highest BCUT2D eigenvalue weighted by Gasteiger charge is 2.09. The van der Waals surface area contributed by atoms with Gasteiger partial charge >= 0.3 is 0 Å². The number of ether oxygens (including phenoxy) is 2. The first-order chi connectivity index (χ1) is 8.22. The van der Waals surface area contributed by atoms with E-state index in [4.69, 9.17) is 9.47 Å². The van der Waals surface area contributed by atoms with Crippen molar-refractivity contribution < 1.29 is 9.47 Å². The van der Waals surface area contributed by atoms with Gasteiger partial charge in [-0.3, -0.25) is 0 Å². The molecule has 0 amide bonds. The summed E-state index contributed by atoms with van der Waals surface area (Å²) in [6.45, 7) is 6.29. The molecule has 0 heterocycles. The molecule has 1 unspecified atom stereocenters. The molecule has 17 heavy (non-hydrogen) atoms. The fraction of sp³-hybridized carbons (Fsp3) is 0.571. The Balaban J connectivity index is 2.64. The minimum atomic E-state index is 0.701. The smallest absolute Gasteiger partial charge is 0.165 e. The third-order valence-corrected chi connectivity index (χ3v) is 2.99. The quantitative estimate of drug-likeness (QED) is 0.791. The van der Waals surface area contributed by atoms with Gasteiger partial charge in [0.25, 0.3) is 0 Å². The fourth-order valence-corrected chi connectivity index (χ4v) is 1.69. The van der Waals surface area contributed by atoms with Gasteiger partial charge in [0, 0.05) is 12.1 Å². The Labute approximate surface area is 104 Å². The summed E-state index contributed by atoms with van der Waals surface area (Å²) in [6.07, 6.45) is 1.20. The van der Waals surface area contributed by atoms with Gasteiger partial charge in [-0.05, 0) is 18.5 Å². The summed E-state index contributed by atoms with van der Waals surface area (Å²) < 4.78 is 10.7. The number of benzene rings is 1. The third-order valence-electron chi connectivity index (χ3n) is 2.99. The Morgan fingerprint density at radius 1 is 1.24 bits per heavy atom. The molecule has 3 heteroatoms. The van der Waals surface area contributed by atoms with Crippen LogP contribution in [-0.4, -0.2) is 20.8 Å². The van der Waals surface area contributed by atoms with Gasteiger partial charge in [0.1, 0.15) is 0 Å². The van der Waals surface area contributed by atoms with Crippen LogP contribution in [0.15, 0.2) is 18.2 Å². The molecule has 0 fully saturated rings. The number of nitrogens with one attached hydrogen (secondary N) is 1. The molecule has 0 aromatic heterocycles. The van der Waals surface area contributed by atoms with E-state index in [-0.39, 0.29) is 0 Å². The zero-order chi connectivity index (χ0) is 12.7. The van der Waals surface area contributed by atoms with Gasteiger partial charge < -0.3 is 14.8 Å². The van der Waals surface area contributed by atoms with Gasteiger partial charge in [-0.25, -0.2) is 0 Å². The van der Waals surface area contributed by atoms with Crippen LogP contribution in [0.1, 0.15) is 25.8 Å². The first kappa shape index (κ1) is 13.8. The molecule has 1 aromatic carbocycles. The summed E-state index contributed by atoms with van der Waals surface area (Å²) in [5, 5.41) is 3.44. The van der Waals surface area contributed by atoms with Gasteiger partial charge in [0.05, 0.1) is 14.2 Å². The Hall–Kier alpha value is -1.22. The molecule has 0 radical (unpaired) electrons. The Morgan fingerprint density at radius 3 is 2.59 bits per heavy atom. The minimum absolute atomic E-state index is 0.701. The minimum Gasteiger partial charge on any atom is -0.493 e. The molecule has 0 bridgehead atoms. The molecular weight excluding hydrogens is 214 g/mol. The molecule has 0 aliphatic rings. The summed E-state index contributed by atoms with van der Waals surface area (Å²) in [5.74, 6) is 2.31. The number of hydrogen-bond donors (Lipinski definition) is 1. The molecule has 0 saturated carbocycles. The second kappa shape index (κ2) is 7.17. The van der Waals surface area contributed by atoms with Crippen LogP contribution in [0.25, 0.3) is 0 Å². The van der Waals surface area contributed by atoms with Crippen LogP contribution in [-0.2, 0) is 6.54 Å². The lowest BCUT2D eigenvalue weighted by molar-refractivity contribution is 0.350. The molecule has 96 valence electrons. The first-order valence-corrected chi connectivity index (χ1v) is 6.13. The van der Waals surface area contributed by atoms with Gasteiger partial charge in [-0.2, -0.15) is 0 Å². The maximum atomic E-state index is 5.39. The molecule has 1 rings (SSSR count). The van der Waals surface area contributed by atoms with Crippen LogP contribution in [0.2, 0.25) is 0 Å². The van der Waals surface area contributed by atoms with Crippen LogP contribution < -0.4 is 14.8 Å². The molecule has 0 spiro atoms. The zero-order valence-corrected chi connectivity index (χ0v) is 11.2. The molecule has 0 aliphatic carbocycles. The van der Waals surface area contributed by atoms with Crippen molar-refractivity contribution in [2.75, 3.05) is 20.8 Å². The van der Waals surface area contributed by atoms with E-state index in [1.54, 1.807) is 14.2 Å². The predicted octanol–water partition coefficient (Wildman–Crippen LogP) is 2.84.